The molecule has 0 aliphatic heterocycles. The molecule has 0 unspecified atom stereocenters. The molecule has 3 rings (SSSR count). The lowest BCUT2D eigenvalue weighted by Gasteiger charge is -2.14. The number of carbonyl (C=O) groups is 1. The molecule has 2 N–H and O–H groups in total. The number of benzene rings is 1. The van der Waals surface area contributed by atoms with Crippen LogP contribution in [0.2, 0.25) is 0 Å². The molecule has 1 amide bonds. The van der Waals surface area contributed by atoms with Crippen molar-refractivity contribution in [2.75, 3.05) is 6.54 Å². The minimum absolute atomic E-state index is 0.0802. The molecule has 2 heterocycles. The van der Waals surface area contributed by atoms with E-state index in [1.165, 1.54) is 5.56 Å². The van der Waals surface area contributed by atoms with Crippen molar-refractivity contribution >= 4 is 5.91 Å². The summed E-state index contributed by atoms with van der Waals surface area (Å²) >= 11 is 0. The van der Waals surface area contributed by atoms with Crippen molar-refractivity contribution in [3.63, 3.8) is 0 Å². The van der Waals surface area contributed by atoms with Gasteiger partial charge in [0.25, 0.3) is 5.91 Å². The van der Waals surface area contributed by atoms with E-state index in [0.717, 1.165) is 29.1 Å². The molecule has 0 bridgehead atoms. The van der Waals surface area contributed by atoms with E-state index in [2.05, 4.69) is 39.7 Å². The summed E-state index contributed by atoms with van der Waals surface area (Å²) in [5.41, 5.74) is 5.56. The van der Waals surface area contributed by atoms with Gasteiger partial charge >= 0.3 is 0 Å². The highest BCUT2D eigenvalue weighted by molar-refractivity contribution is 5.93. The molecule has 1 aromatic carbocycles. The second-order valence-electron chi connectivity index (χ2n) is 6.65. The fourth-order valence-electron chi connectivity index (χ4n) is 3.01. The zero-order chi connectivity index (χ0) is 18.7. The Bertz CT molecular complexity index is 891. The van der Waals surface area contributed by atoms with Crippen LogP contribution >= 0.6 is 0 Å². The first-order valence-corrected chi connectivity index (χ1v) is 8.93. The molecule has 0 aliphatic rings. The number of amides is 1. The summed E-state index contributed by atoms with van der Waals surface area (Å²) in [6.45, 7) is 8.64. The fourth-order valence-corrected chi connectivity index (χ4v) is 3.01. The Morgan fingerprint density at radius 3 is 2.58 bits per heavy atom. The number of hydrogen-bond donors (Lipinski definition) is 2. The quantitative estimate of drug-likeness (QED) is 0.714. The fraction of sp³-hybridized carbons (Fsp3) is 0.350. The summed E-state index contributed by atoms with van der Waals surface area (Å²) in [5, 5.41) is 14.5. The Labute approximate surface area is 153 Å². The Morgan fingerprint density at radius 2 is 1.96 bits per heavy atom. The van der Waals surface area contributed by atoms with E-state index >= 15 is 0 Å². The number of H-pyrrole nitrogens is 1. The van der Waals surface area contributed by atoms with Crippen LogP contribution in [-0.4, -0.2) is 32.4 Å². The second-order valence-corrected chi connectivity index (χ2v) is 6.65. The summed E-state index contributed by atoms with van der Waals surface area (Å²) < 4.78 is 1.93. The largest absolute Gasteiger partial charge is 0.349 e. The minimum atomic E-state index is -0.165. The number of nitrogens with zero attached hydrogens (tertiary/aromatic N) is 3. The van der Waals surface area contributed by atoms with Gasteiger partial charge in [0.1, 0.15) is 5.69 Å². The standard InChI is InChI=1S/C20H25N5O/c1-5-16-6-8-17(9-7-16)18-11-19(23-22-18)20(26)21-12-15(4)25-14(3)10-13(2)24-25/h6-11,15H,5,12H2,1-4H3,(H,21,26)(H,22,23)/t15-/m0/s1. The van der Waals surface area contributed by atoms with E-state index < -0.39 is 0 Å². The summed E-state index contributed by atoms with van der Waals surface area (Å²) in [7, 11) is 0. The maximum atomic E-state index is 12.4. The van der Waals surface area contributed by atoms with E-state index in [1.54, 1.807) is 6.07 Å². The highest BCUT2D eigenvalue weighted by Gasteiger charge is 2.14. The first-order valence-electron chi connectivity index (χ1n) is 8.93. The molecule has 0 saturated heterocycles. The number of nitrogens with one attached hydrogen (secondary N) is 2. The maximum Gasteiger partial charge on any atom is 0.269 e. The van der Waals surface area contributed by atoms with Gasteiger partial charge < -0.3 is 5.32 Å². The summed E-state index contributed by atoms with van der Waals surface area (Å²) in [5.74, 6) is -0.165. The van der Waals surface area contributed by atoms with E-state index in [4.69, 9.17) is 0 Å². The van der Waals surface area contributed by atoms with Crippen molar-refractivity contribution in [2.45, 2.75) is 40.2 Å². The number of carbonyl (C=O) groups excluding carboxylic acids is 1. The number of aromatic nitrogens is 4. The number of aromatic amines is 1. The molecular weight excluding hydrogens is 326 g/mol. The van der Waals surface area contributed by atoms with Crippen molar-refractivity contribution in [3.05, 3.63) is 59.0 Å². The monoisotopic (exact) mass is 351 g/mol. The third-order valence-corrected chi connectivity index (χ3v) is 4.50. The molecule has 0 spiro atoms. The van der Waals surface area contributed by atoms with Gasteiger partial charge in [-0.05, 0) is 44.9 Å². The third kappa shape index (κ3) is 3.85. The first kappa shape index (κ1) is 17.9. The normalized spacial score (nSPS) is 12.2. The van der Waals surface area contributed by atoms with Crippen LogP contribution in [0.15, 0.2) is 36.4 Å². The molecule has 0 fully saturated rings. The van der Waals surface area contributed by atoms with Gasteiger partial charge in [0.05, 0.1) is 17.4 Å². The minimum Gasteiger partial charge on any atom is -0.349 e. The average Bonchev–Trinajstić information content (AvgIpc) is 3.26. The van der Waals surface area contributed by atoms with E-state index in [9.17, 15) is 4.79 Å². The van der Waals surface area contributed by atoms with Crippen LogP contribution in [0, 0.1) is 13.8 Å². The molecule has 6 nitrogen and oxygen atoms in total. The van der Waals surface area contributed by atoms with Crippen LogP contribution in [0.5, 0.6) is 0 Å². The molecule has 0 radical (unpaired) electrons. The zero-order valence-electron chi connectivity index (χ0n) is 15.7. The lowest BCUT2D eigenvalue weighted by Crippen LogP contribution is -2.30. The van der Waals surface area contributed by atoms with Crippen LogP contribution in [0.25, 0.3) is 11.3 Å². The third-order valence-electron chi connectivity index (χ3n) is 4.50. The van der Waals surface area contributed by atoms with Crippen LogP contribution in [0.4, 0.5) is 0 Å². The van der Waals surface area contributed by atoms with Gasteiger partial charge in [-0.2, -0.15) is 10.2 Å². The number of aryl methyl sites for hydroxylation is 3. The Morgan fingerprint density at radius 1 is 1.23 bits per heavy atom. The lowest BCUT2D eigenvalue weighted by atomic mass is 10.1. The molecule has 136 valence electrons. The highest BCUT2D eigenvalue weighted by atomic mass is 16.1. The Hall–Kier alpha value is -2.89. The van der Waals surface area contributed by atoms with Gasteiger partial charge in [0.2, 0.25) is 0 Å². The van der Waals surface area contributed by atoms with Crippen molar-refractivity contribution in [1.29, 1.82) is 0 Å². The second kappa shape index (κ2) is 7.56. The summed E-state index contributed by atoms with van der Waals surface area (Å²) in [6, 6.07) is 12.1. The average molecular weight is 351 g/mol. The number of rotatable bonds is 6. The SMILES string of the molecule is CCc1ccc(-c2cc(C(=O)NC[C@H](C)n3nc(C)cc3C)[nH]n2)cc1. The molecule has 26 heavy (non-hydrogen) atoms. The Kier molecular flexibility index (Phi) is 5.21. The predicted octanol–water partition coefficient (Wildman–Crippen LogP) is 3.44. The molecule has 6 heteroatoms. The highest BCUT2D eigenvalue weighted by Crippen LogP contribution is 2.18. The number of hydrogen-bond acceptors (Lipinski definition) is 3. The van der Waals surface area contributed by atoms with Crippen LogP contribution in [0.3, 0.4) is 0 Å². The van der Waals surface area contributed by atoms with Gasteiger partial charge in [0, 0.05) is 17.8 Å². The maximum absolute atomic E-state index is 12.4. The van der Waals surface area contributed by atoms with Crippen LogP contribution in [0.1, 0.15) is 47.3 Å². The van der Waals surface area contributed by atoms with Gasteiger partial charge in [-0.15, -0.1) is 0 Å². The van der Waals surface area contributed by atoms with Gasteiger partial charge in [-0.25, -0.2) is 0 Å². The first-order chi connectivity index (χ1) is 12.5. The topological polar surface area (TPSA) is 75.6 Å². The molecular formula is C20H25N5O. The van der Waals surface area contributed by atoms with Crippen molar-refractivity contribution in [1.82, 2.24) is 25.3 Å². The molecule has 1 atom stereocenters. The molecule has 3 aromatic rings. The van der Waals surface area contributed by atoms with Gasteiger partial charge in [-0.3, -0.25) is 14.6 Å². The zero-order valence-corrected chi connectivity index (χ0v) is 15.7. The van der Waals surface area contributed by atoms with Crippen LogP contribution in [-0.2, 0) is 6.42 Å². The van der Waals surface area contributed by atoms with Crippen LogP contribution < -0.4 is 5.32 Å². The van der Waals surface area contributed by atoms with Crippen molar-refractivity contribution in [2.24, 2.45) is 0 Å². The van der Waals surface area contributed by atoms with Gasteiger partial charge in [0.15, 0.2) is 0 Å². The van der Waals surface area contributed by atoms with E-state index in [0.29, 0.717) is 12.2 Å². The van der Waals surface area contributed by atoms with Gasteiger partial charge in [-0.1, -0.05) is 31.2 Å². The molecule has 0 saturated carbocycles. The van der Waals surface area contributed by atoms with Crippen molar-refractivity contribution < 1.29 is 4.79 Å². The summed E-state index contributed by atoms with van der Waals surface area (Å²) in [6.07, 6.45) is 1.00. The Balaban J connectivity index is 1.63. The van der Waals surface area contributed by atoms with Crippen molar-refractivity contribution in [3.8, 4) is 11.3 Å². The lowest BCUT2D eigenvalue weighted by molar-refractivity contribution is 0.0942. The predicted molar refractivity (Wildman–Crippen MR) is 102 cm³/mol. The van der Waals surface area contributed by atoms with E-state index in [1.807, 2.05) is 43.7 Å². The molecule has 2 aromatic heterocycles. The summed E-state index contributed by atoms with van der Waals surface area (Å²) in [4.78, 5) is 12.4. The molecule has 0 aliphatic carbocycles. The smallest absolute Gasteiger partial charge is 0.269 e. The van der Waals surface area contributed by atoms with E-state index in [-0.39, 0.29) is 11.9 Å².